The quantitative estimate of drug-likeness (QED) is 0.497. The number of thioether (sulfide) groups is 1. The predicted octanol–water partition coefficient (Wildman–Crippen LogP) is 4.76. The monoisotopic (exact) mass is 411 g/mol. The molecule has 2 rings (SSSR count). The van der Waals surface area contributed by atoms with E-state index in [0.29, 0.717) is 34.9 Å². The SMILES string of the molecule is CCOC(=O)c1ccc(NC(=O)C(CC)Sc2nc(C(C)C)ccc2C#N)cc1. The largest absolute Gasteiger partial charge is 0.462 e. The first kappa shape index (κ1) is 22.4. The molecule has 7 heteroatoms. The molecule has 0 saturated heterocycles. The van der Waals surface area contributed by atoms with Gasteiger partial charge >= 0.3 is 5.97 Å². The van der Waals surface area contributed by atoms with E-state index < -0.39 is 11.2 Å². The van der Waals surface area contributed by atoms with Crippen LogP contribution in [0.15, 0.2) is 41.4 Å². The van der Waals surface area contributed by atoms with Gasteiger partial charge in [-0.25, -0.2) is 9.78 Å². The van der Waals surface area contributed by atoms with Crippen molar-refractivity contribution in [2.75, 3.05) is 11.9 Å². The lowest BCUT2D eigenvalue weighted by atomic mass is 10.1. The highest BCUT2D eigenvalue weighted by atomic mass is 32.2. The smallest absolute Gasteiger partial charge is 0.338 e. The Hall–Kier alpha value is -2.85. The number of nitrogens with one attached hydrogen (secondary N) is 1. The number of amides is 1. The van der Waals surface area contributed by atoms with E-state index in [-0.39, 0.29) is 11.8 Å². The highest BCUT2D eigenvalue weighted by Crippen LogP contribution is 2.29. The third kappa shape index (κ3) is 6.06. The van der Waals surface area contributed by atoms with Crippen molar-refractivity contribution in [1.29, 1.82) is 5.26 Å². The minimum absolute atomic E-state index is 0.179. The van der Waals surface area contributed by atoms with Crippen molar-refractivity contribution in [1.82, 2.24) is 4.98 Å². The first-order valence-corrected chi connectivity index (χ1v) is 10.4. The first-order valence-electron chi connectivity index (χ1n) is 9.55. The second kappa shape index (κ2) is 10.6. The van der Waals surface area contributed by atoms with Crippen molar-refractivity contribution in [2.45, 2.75) is 50.3 Å². The Morgan fingerprint density at radius 1 is 1.17 bits per heavy atom. The second-order valence-corrected chi connectivity index (χ2v) is 7.85. The van der Waals surface area contributed by atoms with E-state index in [1.807, 2.05) is 26.8 Å². The molecule has 1 unspecified atom stereocenters. The molecule has 1 amide bonds. The fourth-order valence-electron chi connectivity index (χ4n) is 2.54. The van der Waals surface area contributed by atoms with Crippen LogP contribution in [0.3, 0.4) is 0 Å². The number of pyridine rings is 1. The molecule has 0 fully saturated rings. The Kier molecular flexibility index (Phi) is 8.22. The first-order chi connectivity index (χ1) is 13.9. The van der Waals surface area contributed by atoms with Crippen LogP contribution in [0.5, 0.6) is 0 Å². The lowest BCUT2D eigenvalue weighted by molar-refractivity contribution is -0.115. The van der Waals surface area contributed by atoms with Gasteiger partial charge in [0.05, 0.1) is 23.0 Å². The summed E-state index contributed by atoms with van der Waals surface area (Å²) in [5.41, 5.74) is 2.37. The van der Waals surface area contributed by atoms with Crippen molar-refractivity contribution < 1.29 is 14.3 Å². The van der Waals surface area contributed by atoms with Gasteiger partial charge in [0.25, 0.3) is 0 Å². The van der Waals surface area contributed by atoms with Gasteiger partial charge in [0.1, 0.15) is 11.1 Å². The Morgan fingerprint density at radius 2 is 1.86 bits per heavy atom. The molecule has 152 valence electrons. The number of carbonyl (C=O) groups excluding carboxylic acids is 2. The highest BCUT2D eigenvalue weighted by molar-refractivity contribution is 8.00. The number of ether oxygens (including phenoxy) is 1. The maximum atomic E-state index is 12.8. The lowest BCUT2D eigenvalue weighted by Gasteiger charge is -2.16. The molecule has 0 bridgehead atoms. The Bertz CT molecular complexity index is 905. The maximum Gasteiger partial charge on any atom is 0.338 e. The Balaban J connectivity index is 2.12. The molecule has 1 atom stereocenters. The van der Waals surface area contributed by atoms with E-state index in [9.17, 15) is 14.9 Å². The number of aromatic nitrogens is 1. The lowest BCUT2D eigenvalue weighted by Crippen LogP contribution is -2.25. The number of nitriles is 1. The summed E-state index contributed by atoms with van der Waals surface area (Å²) < 4.78 is 4.96. The van der Waals surface area contributed by atoms with Crippen molar-refractivity contribution in [3.63, 3.8) is 0 Å². The average molecular weight is 412 g/mol. The van der Waals surface area contributed by atoms with Crippen LogP contribution in [-0.4, -0.2) is 28.7 Å². The van der Waals surface area contributed by atoms with E-state index >= 15 is 0 Å². The Labute approximate surface area is 175 Å². The number of carbonyl (C=O) groups is 2. The average Bonchev–Trinajstić information content (AvgIpc) is 2.72. The maximum absolute atomic E-state index is 12.8. The van der Waals surface area contributed by atoms with Gasteiger partial charge in [-0.2, -0.15) is 5.26 Å². The van der Waals surface area contributed by atoms with Crippen LogP contribution < -0.4 is 5.32 Å². The zero-order chi connectivity index (χ0) is 21.4. The third-order valence-corrected chi connectivity index (χ3v) is 5.54. The molecule has 29 heavy (non-hydrogen) atoms. The third-order valence-electron chi connectivity index (χ3n) is 4.17. The predicted molar refractivity (Wildman–Crippen MR) is 114 cm³/mol. The van der Waals surface area contributed by atoms with Gasteiger partial charge in [0.15, 0.2) is 0 Å². The van der Waals surface area contributed by atoms with Gasteiger partial charge < -0.3 is 10.1 Å². The van der Waals surface area contributed by atoms with Gasteiger partial charge in [-0.05, 0) is 55.7 Å². The van der Waals surface area contributed by atoms with Gasteiger partial charge in [-0.15, -0.1) is 0 Å². The van der Waals surface area contributed by atoms with Crippen LogP contribution >= 0.6 is 11.8 Å². The number of rotatable bonds is 8. The summed E-state index contributed by atoms with van der Waals surface area (Å²) in [6, 6.07) is 12.3. The molecule has 0 aliphatic heterocycles. The van der Waals surface area contributed by atoms with E-state index in [0.717, 1.165) is 5.69 Å². The van der Waals surface area contributed by atoms with Crippen molar-refractivity contribution >= 4 is 29.3 Å². The fourth-order valence-corrected chi connectivity index (χ4v) is 3.54. The van der Waals surface area contributed by atoms with Gasteiger partial charge in [-0.1, -0.05) is 32.5 Å². The molecule has 1 aromatic carbocycles. The topological polar surface area (TPSA) is 92.1 Å². The number of benzene rings is 1. The van der Waals surface area contributed by atoms with Crippen LogP contribution in [0, 0.1) is 11.3 Å². The molecule has 6 nitrogen and oxygen atoms in total. The Morgan fingerprint density at radius 3 is 2.41 bits per heavy atom. The van der Waals surface area contributed by atoms with E-state index in [2.05, 4.69) is 16.4 Å². The van der Waals surface area contributed by atoms with Gasteiger partial charge in [-0.3, -0.25) is 4.79 Å². The number of hydrogen-bond donors (Lipinski definition) is 1. The molecule has 1 heterocycles. The van der Waals surface area contributed by atoms with Crippen LogP contribution in [0.4, 0.5) is 5.69 Å². The summed E-state index contributed by atoms with van der Waals surface area (Å²) in [6.07, 6.45) is 0.579. The van der Waals surface area contributed by atoms with Crippen molar-refractivity contribution in [2.24, 2.45) is 0 Å². The number of esters is 1. The summed E-state index contributed by atoms with van der Waals surface area (Å²) in [7, 11) is 0. The zero-order valence-electron chi connectivity index (χ0n) is 17.1. The highest BCUT2D eigenvalue weighted by Gasteiger charge is 2.21. The molecule has 0 aliphatic carbocycles. The van der Waals surface area contributed by atoms with Gasteiger partial charge in [0, 0.05) is 11.4 Å². The summed E-state index contributed by atoms with van der Waals surface area (Å²) in [5, 5.41) is 12.4. The van der Waals surface area contributed by atoms with Crippen molar-refractivity contribution in [3.8, 4) is 6.07 Å². The molecule has 1 aromatic heterocycles. The normalized spacial score (nSPS) is 11.6. The van der Waals surface area contributed by atoms with E-state index in [1.165, 1.54) is 11.8 Å². The number of hydrogen-bond acceptors (Lipinski definition) is 6. The van der Waals surface area contributed by atoms with Crippen LogP contribution in [0.2, 0.25) is 0 Å². The molecule has 0 saturated carbocycles. The molecule has 0 radical (unpaired) electrons. The molecule has 1 N–H and O–H groups in total. The summed E-state index contributed by atoms with van der Waals surface area (Å²) in [5.74, 6) is -0.344. The molecule has 2 aromatic rings. The van der Waals surface area contributed by atoms with E-state index in [1.54, 1.807) is 37.3 Å². The van der Waals surface area contributed by atoms with Crippen molar-refractivity contribution in [3.05, 3.63) is 53.2 Å². The van der Waals surface area contributed by atoms with Gasteiger partial charge in [0.2, 0.25) is 5.91 Å². The number of nitrogens with zero attached hydrogens (tertiary/aromatic N) is 2. The van der Waals surface area contributed by atoms with Crippen LogP contribution in [0.1, 0.15) is 61.6 Å². The molecular formula is C22H25N3O3S. The molecular weight excluding hydrogens is 386 g/mol. The minimum Gasteiger partial charge on any atom is -0.462 e. The van der Waals surface area contributed by atoms with E-state index in [4.69, 9.17) is 4.74 Å². The fraction of sp³-hybridized carbons (Fsp3) is 0.364. The minimum atomic E-state index is -0.401. The summed E-state index contributed by atoms with van der Waals surface area (Å²) >= 11 is 1.29. The van der Waals surface area contributed by atoms with Crippen LogP contribution in [0.25, 0.3) is 0 Å². The molecule has 0 spiro atoms. The van der Waals surface area contributed by atoms with Crippen LogP contribution in [-0.2, 0) is 9.53 Å². The standard InChI is InChI=1S/C22H25N3O3S/c1-5-19(29-21-16(13-23)9-12-18(25-21)14(3)4)20(26)24-17-10-7-15(8-11-17)22(27)28-6-2/h7-12,14,19H,5-6H2,1-4H3,(H,24,26). The number of anilines is 1. The summed E-state index contributed by atoms with van der Waals surface area (Å²) in [4.78, 5) is 29.1. The second-order valence-electron chi connectivity index (χ2n) is 6.66. The zero-order valence-corrected chi connectivity index (χ0v) is 17.9. The summed E-state index contributed by atoms with van der Waals surface area (Å²) in [6.45, 7) is 8.04. The molecule has 0 aliphatic rings.